The van der Waals surface area contributed by atoms with Crippen LogP contribution in [0.3, 0.4) is 0 Å². The van der Waals surface area contributed by atoms with Crippen LogP contribution in [0.4, 0.5) is 0 Å². The van der Waals surface area contributed by atoms with Crippen LogP contribution in [0.2, 0.25) is 0 Å². The molecule has 3 heteroatoms. The highest BCUT2D eigenvalue weighted by Crippen LogP contribution is 2.35. The molecule has 1 saturated carbocycles. The van der Waals surface area contributed by atoms with E-state index in [0.29, 0.717) is 5.92 Å². The maximum Gasteiger partial charge on any atom is 0.0976 e. The van der Waals surface area contributed by atoms with Crippen molar-refractivity contribution in [3.8, 4) is 0 Å². The molecule has 0 aliphatic heterocycles. The first kappa shape index (κ1) is 15.7. The first-order valence-corrected chi connectivity index (χ1v) is 8.86. The van der Waals surface area contributed by atoms with Gasteiger partial charge in [0.15, 0.2) is 0 Å². The molecule has 0 heterocycles. The minimum absolute atomic E-state index is 0.219. The lowest BCUT2D eigenvalue weighted by Crippen LogP contribution is -2.39. The summed E-state index contributed by atoms with van der Waals surface area (Å²) in [6.07, 6.45) is 6.44. The second-order valence-electron chi connectivity index (χ2n) is 6.79. The van der Waals surface area contributed by atoms with Gasteiger partial charge in [-0.1, -0.05) is 49.6 Å². The molecule has 2 atom stereocenters. The lowest BCUT2D eigenvalue weighted by atomic mass is 9.81. The molecule has 2 nitrogen and oxygen atoms in total. The Morgan fingerprint density at radius 1 is 1.10 bits per heavy atom. The molecule has 1 fully saturated rings. The number of hydrogen-bond acceptors (Lipinski definition) is 1. The van der Waals surface area contributed by atoms with Gasteiger partial charge in [-0.2, -0.15) is 0 Å². The predicted molar refractivity (Wildman–Crippen MR) is 86.8 cm³/mol. The van der Waals surface area contributed by atoms with Crippen LogP contribution in [0.5, 0.6) is 0 Å². The van der Waals surface area contributed by atoms with Crippen LogP contribution in [-0.2, 0) is 11.0 Å². The van der Waals surface area contributed by atoms with Crippen LogP contribution in [0.1, 0.15) is 64.5 Å². The van der Waals surface area contributed by atoms with Crippen molar-refractivity contribution in [2.45, 2.75) is 63.7 Å². The topological polar surface area (TPSA) is 29.1 Å². The maximum absolute atomic E-state index is 12.5. The number of hydrogen-bond donors (Lipinski definition) is 1. The van der Waals surface area contributed by atoms with E-state index >= 15 is 0 Å². The average Bonchev–Trinajstić information content (AvgIpc) is 2.45. The van der Waals surface area contributed by atoms with E-state index in [1.54, 1.807) is 0 Å². The zero-order valence-electron chi connectivity index (χ0n) is 12.9. The Balaban J connectivity index is 2.18. The monoisotopic (exact) mass is 293 g/mol. The van der Waals surface area contributed by atoms with Crippen molar-refractivity contribution in [1.29, 1.82) is 0 Å². The highest BCUT2D eigenvalue weighted by atomic mass is 32.2. The van der Waals surface area contributed by atoms with E-state index < -0.39 is 11.0 Å². The second kappa shape index (κ2) is 6.86. The number of nitrogens with one attached hydrogen (secondary N) is 1. The molecule has 0 radical (unpaired) electrons. The first-order chi connectivity index (χ1) is 9.48. The molecule has 1 aromatic carbocycles. The highest BCUT2D eigenvalue weighted by molar-refractivity contribution is 7.84. The van der Waals surface area contributed by atoms with Gasteiger partial charge < -0.3 is 0 Å². The Hall–Kier alpha value is -0.670. The van der Waals surface area contributed by atoms with Gasteiger partial charge in [-0.3, -0.25) is 0 Å². The summed E-state index contributed by atoms with van der Waals surface area (Å²) >= 11 is 0. The summed E-state index contributed by atoms with van der Waals surface area (Å²) in [5.41, 5.74) is 1.28. The van der Waals surface area contributed by atoms with E-state index in [9.17, 15) is 4.21 Å². The molecule has 1 aliphatic rings. The van der Waals surface area contributed by atoms with Crippen molar-refractivity contribution in [3.05, 3.63) is 35.9 Å². The van der Waals surface area contributed by atoms with Gasteiger partial charge in [0, 0.05) is 6.04 Å². The molecular weight excluding hydrogens is 266 g/mol. The Morgan fingerprint density at radius 3 is 2.25 bits per heavy atom. The van der Waals surface area contributed by atoms with Crippen LogP contribution in [0, 0.1) is 5.92 Å². The minimum Gasteiger partial charge on any atom is -0.242 e. The highest BCUT2D eigenvalue weighted by Gasteiger charge is 2.29. The van der Waals surface area contributed by atoms with Crippen molar-refractivity contribution in [2.75, 3.05) is 0 Å². The minimum atomic E-state index is -1.02. The molecule has 0 aromatic heterocycles. The zero-order valence-corrected chi connectivity index (χ0v) is 13.7. The van der Waals surface area contributed by atoms with Gasteiger partial charge >= 0.3 is 0 Å². The quantitative estimate of drug-likeness (QED) is 0.878. The summed E-state index contributed by atoms with van der Waals surface area (Å²) in [7, 11) is -1.02. The number of rotatable bonds is 4. The predicted octanol–water partition coefficient (Wildman–Crippen LogP) is 4.36. The summed E-state index contributed by atoms with van der Waals surface area (Å²) in [6.45, 7) is 6.08. The Kier molecular flexibility index (Phi) is 5.39. The summed E-state index contributed by atoms with van der Waals surface area (Å²) in [4.78, 5) is 0. The van der Waals surface area contributed by atoms with Gasteiger partial charge in [-0.25, -0.2) is 8.93 Å². The fourth-order valence-electron chi connectivity index (χ4n) is 2.86. The Morgan fingerprint density at radius 2 is 1.70 bits per heavy atom. The van der Waals surface area contributed by atoms with Gasteiger partial charge in [0.25, 0.3) is 0 Å². The summed E-state index contributed by atoms with van der Waals surface area (Å²) < 4.78 is 15.7. The van der Waals surface area contributed by atoms with E-state index in [2.05, 4.69) is 29.0 Å². The Bertz CT molecular complexity index is 432. The third-order valence-electron chi connectivity index (χ3n) is 4.07. The average molecular weight is 293 g/mol. The molecule has 112 valence electrons. The molecular formula is C17H27NOS. The largest absolute Gasteiger partial charge is 0.242 e. The molecule has 0 saturated heterocycles. The van der Waals surface area contributed by atoms with E-state index in [-0.39, 0.29) is 10.8 Å². The van der Waals surface area contributed by atoms with Gasteiger partial charge in [0.2, 0.25) is 0 Å². The molecule has 1 unspecified atom stereocenters. The van der Waals surface area contributed by atoms with Crippen LogP contribution in [0.25, 0.3) is 0 Å². The standard InChI is InChI=1S/C17H27NOS/c1-17(2,3)20(19)18-16(14-10-6-4-7-11-14)15-12-8-5-9-13-15/h4,6-7,10-11,15-16,18H,5,8-9,12-13H2,1-3H3/t16-,20?/m0/s1. The van der Waals surface area contributed by atoms with Crippen molar-refractivity contribution in [1.82, 2.24) is 4.72 Å². The van der Waals surface area contributed by atoms with Crippen molar-refractivity contribution in [2.24, 2.45) is 5.92 Å². The Labute approximate surface area is 125 Å². The van der Waals surface area contributed by atoms with E-state index in [4.69, 9.17) is 0 Å². The van der Waals surface area contributed by atoms with Crippen LogP contribution < -0.4 is 4.72 Å². The summed E-state index contributed by atoms with van der Waals surface area (Å²) in [5, 5.41) is 0. The molecule has 0 spiro atoms. The van der Waals surface area contributed by atoms with Crippen LogP contribution >= 0.6 is 0 Å². The number of benzene rings is 1. The van der Waals surface area contributed by atoms with E-state index in [1.165, 1.54) is 37.7 Å². The van der Waals surface area contributed by atoms with Crippen molar-refractivity contribution < 1.29 is 4.21 Å². The van der Waals surface area contributed by atoms with E-state index in [1.807, 2.05) is 26.8 Å². The first-order valence-electron chi connectivity index (χ1n) is 7.71. The third kappa shape index (κ3) is 4.16. The van der Waals surface area contributed by atoms with Crippen LogP contribution in [-0.4, -0.2) is 8.96 Å². The third-order valence-corrected chi connectivity index (χ3v) is 5.65. The maximum atomic E-state index is 12.5. The SMILES string of the molecule is CC(C)(C)S(=O)N[C@@H](c1ccccc1)C1CCCCC1. The molecule has 0 amide bonds. The van der Waals surface area contributed by atoms with E-state index in [0.717, 1.165) is 0 Å². The lowest BCUT2D eigenvalue weighted by molar-refractivity contribution is 0.295. The fraction of sp³-hybridized carbons (Fsp3) is 0.647. The molecule has 1 N–H and O–H groups in total. The lowest BCUT2D eigenvalue weighted by Gasteiger charge is -2.33. The molecule has 20 heavy (non-hydrogen) atoms. The van der Waals surface area contributed by atoms with Gasteiger partial charge in [-0.05, 0) is 45.1 Å². The van der Waals surface area contributed by atoms with Crippen molar-refractivity contribution in [3.63, 3.8) is 0 Å². The second-order valence-corrected chi connectivity index (χ2v) is 8.78. The smallest absolute Gasteiger partial charge is 0.0976 e. The molecule has 1 aliphatic carbocycles. The van der Waals surface area contributed by atoms with Gasteiger partial charge in [0.05, 0.1) is 15.7 Å². The molecule has 0 bridgehead atoms. The summed E-state index contributed by atoms with van der Waals surface area (Å²) in [5.74, 6) is 0.609. The van der Waals surface area contributed by atoms with Crippen molar-refractivity contribution >= 4 is 11.0 Å². The van der Waals surface area contributed by atoms with Gasteiger partial charge in [-0.15, -0.1) is 0 Å². The van der Waals surface area contributed by atoms with Crippen LogP contribution in [0.15, 0.2) is 30.3 Å². The summed E-state index contributed by atoms with van der Waals surface area (Å²) in [6, 6.07) is 10.7. The molecule has 1 aromatic rings. The normalized spacial score (nSPS) is 20.6. The fourth-order valence-corrected chi connectivity index (χ4v) is 3.77. The zero-order chi connectivity index (χ0) is 14.6. The van der Waals surface area contributed by atoms with Gasteiger partial charge in [0.1, 0.15) is 0 Å². The molecule has 2 rings (SSSR count).